The van der Waals surface area contributed by atoms with E-state index in [1.807, 2.05) is 6.92 Å². The number of nitrogens with two attached hydrogens (primary N) is 1. The Labute approximate surface area is 102 Å². The van der Waals surface area contributed by atoms with Crippen LogP contribution in [0.1, 0.15) is 23.7 Å². The summed E-state index contributed by atoms with van der Waals surface area (Å²) in [7, 11) is 0. The molecule has 0 radical (unpaired) electrons. The van der Waals surface area contributed by atoms with Crippen molar-refractivity contribution in [3.8, 4) is 0 Å². The van der Waals surface area contributed by atoms with Gasteiger partial charge in [-0.05, 0) is 40.5 Å². The van der Waals surface area contributed by atoms with Crippen molar-refractivity contribution in [3.05, 3.63) is 34.1 Å². The fourth-order valence-corrected chi connectivity index (χ4v) is 1.67. The number of rotatable bonds is 4. The second-order valence-electron chi connectivity index (χ2n) is 3.50. The van der Waals surface area contributed by atoms with Crippen molar-refractivity contribution in [1.29, 1.82) is 0 Å². The van der Waals surface area contributed by atoms with E-state index in [-0.39, 0.29) is 17.8 Å². The van der Waals surface area contributed by atoms with Crippen molar-refractivity contribution in [2.75, 3.05) is 6.54 Å². The number of carbonyl (C=O) groups excluding carboxylic acids is 1. The van der Waals surface area contributed by atoms with Crippen LogP contribution in [0, 0.1) is 5.82 Å². The van der Waals surface area contributed by atoms with Gasteiger partial charge in [-0.15, -0.1) is 0 Å². The number of hydrogen-bond acceptors (Lipinski definition) is 2. The second kappa shape index (κ2) is 5.96. The van der Waals surface area contributed by atoms with E-state index in [1.54, 1.807) is 0 Å². The molecule has 0 heterocycles. The number of halogens is 2. The van der Waals surface area contributed by atoms with Gasteiger partial charge in [0.1, 0.15) is 5.82 Å². The lowest BCUT2D eigenvalue weighted by molar-refractivity contribution is 0.0950. The minimum Gasteiger partial charge on any atom is -0.350 e. The Morgan fingerprint density at radius 2 is 2.31 bits per heavy atom. The first-order valence-electron chi connectivity index (χ1n) is 5.03. The van der Waals surface area contributed by atoms with Gasteiger partial charge in [-0.2, -0.15) is 0 Å². The summed E-state index contributed by atoms with van der Waals surface area (Å²) in [6, 6.07) is 3.89. The van der Waals surface area contributed by atoms with Gasteiger partial charge in [-0.1, -0.05) is 6.92 Å². The molecule has 0 saturated heterocycles. The van der Waals surface area contributed by atoms with Gasteiger partial charge >= 0.3 is 0 Å². The molecular weight excluding hydrogens is 275 g/mol. The second-order valence-corrected chi connectivity index (χ2v) is 4.36. The molecule has 16 heavy (non-hydrogen) atoms. The SMILES string of the molecule is CCC(N)CNC(=O)c1ccc(F)cc1Br. The van der Waals surface area contributed by atoms with Gasteiger partial charge in [0.15, 0.2) is 0 Å². The Morgan fingerprint density at radius 1 is 1.62 bits per heavy atom. The van der Waals surface area contributed by atoms with E-state index in [0.29, 0.717) is 16.6 Å². The summed E-state index contributed by atoms with van der Waals surface area (Å²) in [5.41, 5.74) is 6.08. The minimum absolute atomic E-state index is 0.0526. The van der Waals surface area contributed by atoms with Crippen LogP contribution in [0.25, 0.3) is 0 Å². The predicted molar refractivity (Wildman–Crippen MR) is 64.7 cm³/mol. The summed E-state index contributed by atoms with van der Waals surface area (Å²) in [5.74, 6) is -0.635. The maximum Gasteiger partial charge on any atom is 0.252 e. The minimum atomic E-state index is -0.381. The monoisotopic (exact) mass is 288 g/mol. The molecule has 1 aromatic rings. The lowest BCUT2D eigenvalue weighted by atomic mass is 10.2. The molecule has 0 fully saturated rings. The largest absolute Gasteiger partial charge is 0.350 e. The van der Waals surface area contributed by atoms with Crippen molar-refractivity contribution in [1.82, 2.24) is 5.32 Å². The molecule has 0 aliphatic rings. The summed E-state index contributed by atoms with van der Waals surface area (Å²) >= 11 is 3.14. The van der Waals surface area contributed by atoms with E-state index in [4.69, 9.17) is 5.73 Å². The Bertz CT molecular complexity index is 384. The van der Waals surface area contributed by atoms with Crippen LogP contribution in [0.15, 0.2) is 22.7 Å². The van der Waals surface area contributed by atoms with Crippen LogP contribution in [0.4, 0.5) is 4.39 Å². The number of amides is 1. The highest BCUT2D eigenvalue weighted by molar-refractivity contribution is 9.10. The van der Waals surface area contributed by atoms with Gasteiger partial charge < -0.3 is 11.1 Å². The quantitative estimate of drug-likeness (QED) is 0.891. The van der Waals surface area contributed by atoms with E-state index < -0.39 is 0 Å². The molecule has 0 saturated carbocycles. The summed E-state index contributed by atoms with van der Waals surface area (Å²) < 4.78 is 13.2. The first-order chi connectivity index (χ1) is 7.54. The maximum absolute atomic E-state index is 12.8. The molecule has 1 unspecified atom stereocenters. The van der Waals surface area contributed by atoms with Crippen LogP contribution >= 0.6 is 15.9 Å². The van der Waals surface area contributed by atoms with Crippen LogP contribution in [-0.2, 0) is 0 Å². The molecule has 3 nitrogen and oxygen atoms in total. The van der Waals surface area contributed by atoms with E-state index in [0.717, 1.165) is 6.42 Å². The van der Waals surface area contributed by atoms with Crippen molar-refractivity contribution in [2.45, 2.75) is 19.4 Å². The molecule has 88 valence electrons. The molecular formula is C11H14BrFN2O. The molecule has 3 N–H and O–H groups in total. The molecule has 1 atom stereocenters. The first kappa shape index (κ1) is 13.1. The molecule has 5 heteroatoms. The summed E-state index contributed by atoms with van der Waals surface area (Å²) in [6.07, 6.45) is 0.796. The van der Waals surface area contributed by atoms with Gasteiger partial charge in [0.05, 0.1) is 5.56 Å². The zero-order valence-electron chi connectivity index (χ0n) is 8.97. The van der Waals surface area contributed by atoms with E-state index in [1.165, 1.54) is 18.2 Å². The summed E-state index contributed by atoms with van der Waals surface area (Å²) in [6.45, 7) is 2.36. The summed E-state index contributed by atoms with van der Waals surface area (Å²) in [5, 5.41) is 2.69. The highest BCUT2D eigenvalue weighted by Crippen LogP contribution is 2.17. The van der Waals surface area contributed by atoms with Crippen LogP contribution < -0.4 is 11.1 Å². The third-order valence-electron chi connectivity index (χ3n) is 2.22. The number of benzene rings is 1. The zero-order valence-corrected chi connectivity index (χ0v) is 10.6. The van der Waals surface area contributed by atoms with Gasteiger partial charge in [-0.25, -0.2) is 4.39 Å². The smallest absolute Gasteiger partial charge is 0.252 e. The average Bonchev–Trinajstić information content (AvgIpc) is 2.25. The van der Waals surface area contributed by atoms with E-state index in [9.17, 15) is 9.18 Å². The van der Waals surface area contributed by atoms with Crippen molar-refractivity contribution in [3.63, 3.8) is 0 Å². The highest BCUT2D eigenvalue weighted by Gasteiger charge is 2.11. The molecule has 0 aliphatic heterocycles. The molecule has 0 spiro atoms. The van der Waals surface area contributed by atoms with Crippen LogP contribution in [0.2, 0.25) is 0 Å². The summed E-state index contributed by atoms with van der Waals surface area (Å²) in [4.78, 5) is 11.7. The predicted octanol–water partition coefficient (Wildman–Crippen LogP) is 2.06. The third-order valence-corrected chi connectivity index (χ3v) is 2.88. The Hall–Kier alpha value is -0.940. The van der Waals surface area contributed by atoms with Gasteiger partial charge in [0.2, 0.25) is 0 Å². The topological polar surface area (TPSA) is 55.1 Å². The molecule has 1 amide bonds. The lowest BCUT2D eigenvalue weighted by Crippen LogP contribution is -2.36. The maximum atomic E-state index is 12.8. The normalized spacial score (nSPS) is 12.2. The number of carbonyl (C=O) groups is 1. The van der Waals surface area contributed by atoms with Crippen molar-refractivity contribution in [2.24, 2.45) is 5.73 Å². The van der Waals surface area contributed by atoms with Crippen LogP contribution in [0.3, 0.4) is 0 Å². The standard InChI is InChI=1S/C11H14BrFN2O/c1-2-8(14)6-15-11(16)9-4-3-7(13)5-10(9)12/h3-5,8H,2,6,14H2,1H3,(H,15,16). The molecule has 1 rings (SSSR count). The Kier molecular flexibility index (Phi) is 4.89. The average molecular weight is 289 g/mol. The molecule has 0 aromatic heterocycles. The fourth-order valence-electron chi connectivity index (χ4n) is 1.14. The highest BCUT2D eigenvalue weighted by atomic mass is 79.9. The fraction of sp³-hybridized carbons (Fsp3) is 0.364. The zero-order chi connectivity index (χ0) is 12.1. The van der Waals surface area contributed by atoms with Crippen LogP contribution in [0.5, 0.6) is 0 Å². The molecule has 1 aromatic carbocycles. The number of nitrogens with one attached hydrogen (secondary N) is 1. The number of hydrogen-bond donors (Lipinski definition) is 2. The first-order valence-corrected chi connectivity index (χ1v) is 5.82. The third kappa shape index (κ3) is 3.57. The lowest BCUT2D eigenvalue weighted by Gasteiger charge is -2.11. The van der Waals surface area contributed by atoms with Crippen molar-refractivity contribution < 1.29 is 9.18 Å². The van der Waals surface area contributed by atoms with Gasteiger partial charge in [0.25, 0.3) is 5.91 Å². The molecule has 0 bridgehead atoms. The van der Waals surface area contributed by atoms with Crippen LogP contribution in [-0.4, -0.2) is 18.5 Å². The van der Waals surface area contributed by atoms with Gasteiger partial charge in [-0.3, -0.25) is 4.79 Å². The van der Waals surface area contributed by atoms with E-state index in [2.05, 4.69) is 21.2 Å². The van der Waals surface area contributed by atoms with Gasteiger partial charge in [0, 0.05) is 17.1 Å². The van der Waals surface area contributed by atoms with Crippen molar-refractivity contribution >= 4 is 21.8 Å². The Balaban J connectivity index is 2.66. The molecule has 0 aliphatic carbocycles. The van der Waals surface area contributed by atoms with E-state index >= 15 is 0 Å². The Morgan fingerprint density at radius 3 is 2.88 bits per heavy atom.